The zero-order chi connectivity index (χ0) is 21.5. The molecule has 0 saturated heterocycles. The van der Waals surface area contributed by atoms with Gasteiger partial charge in [-0.25, -0.2) is 0 Å². The van der Waals surface area contributed by atoms with Crippen molar-refractivity contribution in [3.63, 3.8) is 0 Å². The molecule has 0 saturated carbocycles. The minimum Gasteiger partial charge on any atom is -0.378 e. The average Bonchev–Trinajstić information content (AvgIpc) is 2.75. The zero-order valence-electron chi connectivity index (χ0n) is 17.3. The van der Waals surface area contributed by atoms with Crippen LogP contribution < -0.4 is 15.5 Å². The van der Waals surface area contributed by atoms with E-state index in [2.05, 4.69) is 10.6 Å². The van der Waals surface area contributed by atoms with Crippen molar-refractivity contribution >= 4 is 29.3 Å². The third kappa shape index (κ3) is 5.58. The number of aryl methyl sites for hydroxylation is 1. The van der Waals surface area contributed by atoms with Gasteiger partial charge in [-0.2, -0.15) is 0 Å². The third-order valence-electron chi connectivity index (χ3n) is 4.56. The van der Waals surface area contributed by atoms with Crippen LogP contribution in [0.15, 0.2) is 84.6 Å². The maximum atomic E-state index is 12.9. The highest BCUT2D eigenvalue weighted by atomic mass is 16.2. The van der Waals surface area contributed by atoms with Crippen molar-refractivity contribution in [1.82, 2.24) is 5.32 Å². The van der Waals surface area contributed by atoms with Crippen LogP contribution in [0.4, 0.5) is 11.4 Å². The van der Waals surface area contributed by atoms with Crippen LogP contribution in [0, 0.1) is 6.92 Å². The lowest BCUT2D eigenvalue weighted by Gasteiger charge is -2.13. The van der Waals surface area contributed by atoms with Gasteiger partial charge < -0.3 is 15.5 Å². The Hall–Kier alpha value is -3.86. The number of anilines is 2. The molecule has 0 aliphatic carbocycles. The van der Waals surface area contributed by atoms with Gasteiger partial charge >= 0.3 is 0 Å². The first-order valence-electron chi connectivity index (χ1n) is 9.66. The maximum Gasteiger partial charge on any atom is 0.272 e. The monoisotopic (exact) mass is 399 g/mol. The molecule has 0 fully saturated rings. The topological polar surface area (TPSA) is 61.4 Å². The van der Waals surface area contributed by atoms with Crippen molar-refractivity contribution in [3.05, 3.63) is 101 Å². The molecule has 2 amide bonds. The molecule has 0 aliphatic heterocycles. The number of rotatable bonds is 6. The second kappa shape index (κ2) is 9.56. The van der Waals surface area contributed by atoms with Crippen molar-refractivity contribution in [3.8, 4) is 0 Å². The normalized spacial score (nSPS) is 11.0. The van der Waals surface area contributed by atoms with Gasteiger partial charge in [-0.3, -0.25) is 9.59 Å². The van der Waals surface area contributed by atoms with Gasteiger partial charge in [0.15, 0.2) is 0 Å². The number of hydrogen-bond acceptors (Lipinski definition) is 3. The second-order valence-electron chi connectivity index (χ2n) is 7.18. The molecule has 0 aromatic heterocycles. The van der Waals surface area contributed by atoms with Crippen molar-refractivity contribution in [2.24, 2.45) is 0 Å². The van der Waals surface area contributed by atoms with Crippen LogP contribution in [0.5, 0.6) is 0 Å². The van der Waals surface area contributed by atoms with Crippen LogP contribution >= 0.6 is 0 Å². The summed E-state index contributed by atoms with van der Waals surface area (Å²) in [7, 11) is 3.93. The Morgan fingerprint density at radius 1 is 0.833 bits per heavy atom. The van der Waals surface area contributed by atoms with Crippen molar-refractivity contribution in [2.45, 2.75) is 6.92 Å². The molecule has 30 heavy (non-hydrogen) atoms. The van der Waals surface area contributed by atoms with Crippen LogP contribution in [0.2, 0.25) is 0 Å². The molecule has 3 aromatic rings. The largest absolute Gasteiger partial charge is 0.378 e. The van der Waals surface area contributed by atoms with Crippen molar-refractivity contribution in [1.29, 1.82) is 0 Å². The molecule has 152 valence electrons. The summed E-state index contributed by atoms with van der Waals surface area (Å²) in [5, 5.41) is 5.60. The van der Waals surface area contributed by atoms with Crippen LogP contribution in [-0.4, -0.2) is 25.9 Å². The molecule has 0 radical (unpaired) electrons. The first-order valence-corrected chi connectivity index (χ1v) is 9.66. The lowest BCUT2D eigenvalue weighted by atomic mass is 10.1. The van der Waals surface area contributed by atoms with E-state index < -0.39 is 0 Å². The third-order valence-corrected chi connectivity index (χ3v) is 4.56. The number of amides is 2. The SMILES string of the molecule is Cc1ccc(NC(=O)/C(=C\c2ccc(N(C)C)cc2)NC(=O)c2ccccc2)cc1. The highest BCUT2D eigenvalue weighted by molar-refractivity contribution is 6.10. The van der Waals surface area contributed by atoms with E-state index in [9.17, 15) is 9.59 Å². The van der Waals surface area contributed by atoms with Gasteiger partial charge in [0, 0.05) is 31.0 Å². The van der Waals surface area contributed by atoms with Gasteiger partial charge in [0.25, 0.3) is 11.8 Å². The van der Waals surface area contributed by atoms with Gasteiger partial charge in [-0.1, -0.05) is 48.0 Å². The van der Waals surface area contributed by atoms with E-state index >= 15 is 0 Å². The summed E-state index contributed by atoms with van der Waals surface area (Å²) in [6.45, 7) is 1.98. The Morgan fingerprint density at radius 3 is 2.07 bits per heavy atom. The number of hydrogen-bond donors (Lipinski definition) is 2. The van der Waals surface area contributed by atoms with Crippen molar-refractivity contribution < 1.29 is 9.59 Å². The maximum absolute atomic E-state index is 12.9. The second-order valence-corrected chi connectivity index (χ2v) is 7.18. The molecule has 0 atom stereocenters. The fourth-order valence-electron chi connectivity index (χ4n) is 2.81. The van der Waals surface area contributed by atoms with Crippen LogP contribution in [0.1, 0.15) is 21.5 Å². The lowest BCUT2D eigenvalue weighted by molar-refractivity contribution is -0.113. The minimum atomic E-state index is -0.389. The Morgan fingerprint density at radius 2 is 1.47 bits per heavy atom. The first kappa shape index (κ1) is 20.9. The number of nitrogens with one attached hydrogen (secondary N) is 2. The molecular weight excluding hydrogens is 374 g/mol. The van der Waals surface area contributed by atoms with E-state index in [1.165, 1.54) is 0 Å². The number of carbonyl (C=O) groups is 2. The molecular formula is C25H25N3O2. The highest BCUT2D eigenvalue weighted by Gasteiger charge is 2.15. The van der Waals surface area contributed by atoms with E-state index in [-0.39, 0.29) is 17.5 Å². The van der Waals surface area contributed by atoms with E-state index in [0.717, 1.165) is 16.8 Å². The molecule has 5 nitrogen and oxygen atoms in total. The van der Waals surface area contributed by atoms with Crippen molar-refractivity contribution in [2.75, 3.05) is 24.3 Å². The molecule has 0 spiro atoms. The van der Waals surface area contributed by atoms with E-state index in [1.807, 2.05) is 80.5 Å². The minimum absolute atomic E-state index is 0.169. The predicted octanol–water partition coefficient (Wildman–Crippen LogP) is 4.47. The molecule has 0 unspecified atom stereocenters. The fourth-order valence-corrected chi connectivity index (χ4v) is 2.81. The molecule has 3 rings (SSSR count). The number of benzene rings is 3. The van der Waals surface area contributed by atoms with Gasteiger partial charge in [0.2, 0.25) is 0 Å². The number of carbonyl (C=O) groups excluding carboxylic acids is 2. The average molecular weight is 399 g/mol. The summed E-state index contributed by atoms with van der Waals surface area (Å²) < 4.78 is 0. The van der Waals surface area contributed by atoms with E-state index in [1.54, 1.807) is 30.3 Å². The molecule has 5 heteroatoms. The summed E-state index contributed by atoms with van der Waals surface area (Å²) in [5.41, 5.74) is 4.27. The summed E-state index contributed by atoms with van der Waals surface area (Å²) in [4.78, 5) is 27.6. The molecule has 0 aliphatic rings. The Bertz CT molecular complexity index is 1040. The Balaban J connectivity index is 1.87. The fraction of sp³-hybridized carbons (Fsp3) is 0.120. The quantitative estimate of drug-likeness (QED) is 0.601. The van der Waals surface area contributed by atoms with Gasteiger partial charge in [-0.15, -0.1) is 0 Å². The molecule has 0 bridgehead atoms. The van der Waals surface area contributed by atoms with Gasteiger partial charge in [0.1, 0.15) is 5.70 Å². The highest BCUT2D eigenvalue weighted by Crippen LogP contribution is 2.16. The van der Waals surface area contributed by atoms with Crippen LogP contribution in [0.3, 0.4) is 0 Å². The molecule has 2 N–H and O–H groups in total. The van der Waals surface area contributed by atoms with E-state index in [0.29, 0.717) is 11.3 Å². The number of nitrogens with zero attached hydrogens (tertiary/aromatic N) is 1. The van der Waals surface area contributed by atoms with E-state index in [4.69, 9.17) is 0 Å². The van der Waals surface area contributed by atoms with Crippen LogP contribution in [0.25, 0.3) is 6.08 Å². The zero-order valence-corrected chi connectivity index (χ0v) is 17.3. The predicted molar refractivity (Wildman–Crippen MR) is 122 cm³/mol. The summed E-state index contributed by atoms with van der Waals surface area (Å²) >= 11 is 0. The van der Waals surface area contributed by atoms with Crippen LogP contribution in [-0.2, 0) is 4.79 Å². The smallest absolute Gasteiger partial charge is 0.272 e. The summed E-state index contributed by atoms with van der Waals surface area (Å²) in [6, 6.07) is 24.0. The lowest BCUT2D eigenvalue weighted by Crippen LogP contribution is -2.30. The standard InChI is InChI=1S/C25H25N3O2/c1-18-9-13-21(14-10-18)26-25(30)23(27-24(29)20-7-5-4-6-8-20)17-19-11-15-22(16-12-19)28(2)3/h4-17H,1-3H3,(H,26,30)(H,27,29)/b23-17+. The Kier molecular flexibility index (Phi) is 6.65. The Labute approximate surface area is 177 Å². The summed E-state index contributed by atoms with van der Waals surface area (Å²) in [6.07, 6.45) is 1.67. The van der Waals surface area contributed by atoms with Gasteiger partial charge in [-0.05, 0) is 55.0 Å². The summed E-state index contributed by atoms with van der Waals surface area (Å²) in [5.74, 6) is -0.731. The molecule has 3 aromatic carbocycles. The van der Waals surface area contributed by atoms with Gasteiger partial charge in [0.05, 0.1) is 0 Å². The molecule has 0 heterocycles. The first-order chi connectivity index (χ1) is 14.4.